The number of anilines is 3. The maximum atomic E-state index is 8.95. The summed E-state index contributed by atoms with van der Waals surface area (Å²) in [5.74, 6) is 0.834. The van der Waals surface area contributed by atoms with Crippen LogP contribution in [0.3, 0.4) is 0 Å². The first kappa shape index (κ1) is 13.8. The fourth-order valence-corrected chi connectivity index (χ4v) is 1.79. The lowest BCUT2D eigenvalue weighted by Crippen LogP contribution is -2.05. The monoisotopic (exact) mass is 267 g/mol. The summed E-state index contributed by atoms with van der Waals surface area (Å²) < 4.78 is 5.58. The highest BCUT2D eigenvalue weighted by Gasteiger charge is 2.02. The van der Waals surface area contributed by atoms with E-state index < -0.39 is 0 Å². The summed E-state index contributed by atoms with van der Waals surface area (Å²) >= 11 is 0. The Kier molecular flexibility index (Phi) is 4.11. The molecule has 0 aromatic heterocycles. The molecule has 0 unspecified atom stereocenters. The van der Waals surface area contributed by atoms with Gasteiger partial charge in [0, 0.05) is 17.1 Å². The Morgan fingerprint density at radius 2 is 1.75 bits per heavy atom. The van der Waals surface area contributed by atoms with Crippen LogP contribution in [0.2, 0.25) is 0 Å². The maximum absolute atomic E-state index is 8.95. The highest BCUT2D eigenvalue weighted by molar-refractivity contribution is 5.67. The highest BCUT2D eigenvalue weighted by atomic mass is 16.5. The molecular weight excluding hydrogens is 250 g/mol. The molecular formula is C16H17N3O. The Labute approximate surface area is 118 Å². The van der Waals surface area contributed by atoms with Crippen molar-refractivity contribution in [1.29, 1.82) is 5.26 Å². The van der Waals surface area contributed by atoms with Crippen molar-refractivity contribution in [3.8, 4) is 11.8 Å². The van der Waals surface area contributed by atoms with E-state index in [-0.39, 0.29) is 6.10 Å². The van der Waals surface area contributed by atoms with E-state index >= 15 is 0 Å². The molecule has 0 atom stereocenters. The fraction of sp³-hybridized carbons (Fsp3) is 0.188. The molecule has 0 aliphatic rings. The Morgan fingerprint density at radius 3 is 2.35 bits per heavy atom. The summed E-state index contributed by atoms with van der Waals surface area (Å²) in [6.07, 6.45) is 0.157. The van der Waals surface area contributed by atoms with Crippen LogP contribution in [-0.2, 0) is 0 Å². The van der Waals surface area contributed by atoms with Gasteiger partial charge in [0.05, 0.1) is 11.7 Å². The molecule has 0 heterocycles. The van der Waals surface area contributed by atoms with Crippen molar-refractivity contribution in [2.45, 2.75) is 20.0 Å². The van der Waals surface area contributed by atoms with E-state index in [2.05, 4.69) is 11.4 Å². The molecule has 2 rings (SSSR count). The molecule has 0 saturated heterocycles. The van der Waals surface area contributed by atoms with Crippen LogP contribution in [0.15, 0.2) is 42.5 Å². The van der Waals surface area contributed by atoms with Gasteiger partial charge in [-0.3, -0.25) is 0 Å². The molecule has 4 heteroatoms. The van der Waals surface area contributed by atoms with Crippen molar-refractivity contribution in [3.63, 3.8) is 0 Å². The molecule has 0 radical (unpaired) electrons. The summed E-state index contributed by atoms with van der Waals surface area (Å²) in [7, 11) is 0. The summed E-state index contributed by atoms with van der Waals surface area (Å²) in [5, 5.41) is 12.2. The SMILES string of the molecule is CC(C)Oc1ccc(Nc2ccc(N)c(C#N)c2)cc1. The number of hydrogen-bond acceptors (Lipinski definition) is 4. The maximum Gasteiger partial charge on any atom is 0.119 e. The normalized spacial score (nSPS) is 10.1. The summed E-state index contributed by atoms with van der Waals surface area (Å²) in [6.45, 7) is 3.98. The third kappa shape index (κ3) is 3.42. The Bertz CT molecular complexity index is 627. The number of nitrogens with two attached hydrogens (primary N) is 1. The van der Waals surface area contributed by atoms with Crippen LogP contribution in [0.5, 0.6) is 5.75 Å². The Morgan fingerprint density at radius 1 is 1.10 bits per heavy atom. The Hall–Kier alpha value is -2.67. The first-order valence-corrected chi connectivity index (χ1v) is 6.42. The summed E-state index contributed by atoms with van der Waals surface area (Å²) in [6, 6.07) is 15.0. The van der Waals surface area contributed by atoms with Crippen molar-refractivity contribution >= 4 is 17.1 Å². The number of nitrogens with one attached hydrogen (secondary N) is 1. The van der Waals surface area contributed by atoms with E-state index in [1.807, 2.05) is 44.2 Å². The van der Waals surface area contributed by atoms with Gasteiger partial charge >= 0.3 is 0 Å². The zero-order valence-corrected chi connectivity index (χ0v) is 11.6. The van der Waals surface area contributed by atoms with Crippen LogP contribution in [0, 0.1) is 11.3 Å². The molecule has 0 saturated carbocycles. The van der Waals surface area contributed by atoms with Gasteiger partial charge in [-0.1, -0.05) is 0 Å². The van der Waals surface area contributed by atoms with Gasteiger partial charge in [-0.25, -0.2) is 0 Å². The quantitative estimate of drug-likeness (QED) is 0.829. The van der Waals surface area contributed by atoms with Crippen LogP contribution >= 0.6 is 0 Å². The average molecular weight is 267 g/mol. The summed E-state index contributed by atoms with van der Waals surface area (Å²) in [4.78, 5) is 0. The lowest BCUT2D eigenvalue weighted by atomic mass is 10.1. The van der Waals surface area contributed by atoms with E-state index in [0.717, 1.165) is 17.1 Å². The molecule has 0 spiro atoms. The van der Waals surface area contributed by atoms with Crippen molar-refractivity contribution in [1.82, 2.24) is 0 Å². The second-order valence-corrected chi connectivity index (χ2v) is 4.73. The van der Waals surface area contributed by atoms with E-state index in [1.165, 1.54) is 0 Å². The number of rotatable bonds is 4. The smallest absolute Gasteiger partial charge is 0.119 e. The molecule has 2 aromatic rings. The standard InChI is InChI=1S/C16H17N3O/c1-11(2)20-15-6-3-13(4-7-15)19-14-5-8-16(18)12(9-14)10-17/h3-9,11,19H,18H2,1-2H3. The minimum atomic E-state index is 0.157. The first-order valence-electron chi connectivity index (χ1n) is 6.42. The van der Waals surface area contributed by atoms with Crippen LogP contribution in [0.1, 0.15) is 19.4 Å². The van der Waals surface area contributed by atoms with Gasteiger partial charge < -0.3 is 15.8 Å². The number of nitrogens with zero attached hydrogens (tertiary/aromatic N) is 1. The van der Waals surface area contributed by atoms with Gasteiger partial charge in [0.1, 0.15) is 11.8 Å². The number of benzene rings is 2. The van der Waals surface area contributed by atoms with Gasteiger partial charge in [0.2, 0.25) is 0 Å². The average Bonchev–Trinajstić information content (AvgIpc) is 2.42. The number of hydrogen-bond donors (Lipinski definition) is 2. The first-order chi connectivity index (χ1) is 9.58. The van der Waals surface area contributed by atoms with Crippen molar-refractivity contribution in [2.24, 2.45) is 0 Å². The number of nitriles is 1. The lowest BCUT2D eigenvalue weighted by Gasteiger charge is -2.11. The van der Waals surface area contributed by atoms with E-state index in [0.29, 0.717) is 11.3 Å². The molecule has 3 N–H and O–H groups in total. The minimum Gasteiger partial charge on any atom is -0.491 e. The predicted molar refractivity (Wildman–Crippen MR) is 81.1 cm³/mol. The van der Waals surface area contributed by atoms with Crippen molar-refractivity contribution in [3.05, 3.63) is 48.0 Å². The molecule has 4 nitrogen and oxygen atoms in total. The molecule has 102 valence electrons. The van der Waals surface area contributed by atoms with Crippen molar-refractivity contribution in [2.75, 3.05) is 11.1 Å². The van der Waals surface area contributed by atoms with Crippen LogP contribution in [0.4, 0.5) is 17.1 Å². The van der Waals surface area contributed by atoms with Crippen molar-refractivity contribution < 1.29 is 4.74 Å². The molecule has 2 aromatic carbocycles. The number of nitrogen functional groups attached to an aromatic ring is 1. The van der Waals surface area contributed by atoms with Gasteiger partial charge in [-0.2, -0.15) is 5.26 Å². The lowest BCUT2D eigenvalue weighted by molar-refractivity contribution is 0.242. The van der Waals surface area contributed by atoms with Gasteiger partial charge in [0.25, 0.3) is 0 Å². The second kappa shape index (κ2) is 5.98. The highest BCUT2D eigenvalue weighted by Crippen LogP contribution is 2.23. The Balaban J connectivity index is 2.12. The molecule has 0 bridgehead atoms. The van der Waals surface area contributed by atoms with Crippen LogP contribution in [0.25, 0.3) is 0 Å². The van der Waals surface area contributed by atoms with E-state index in [1.54, 1.807) is 12.1 Å². The van der Waals surface area contributed by atoms with Gasteiger partial charge in [-0.05, 0) is 56.3 Å². The molecule has 0 aliphatic heterocycles. The van der Waals surface area contributed by atoms with E-state index in [9.17, 15) is 0 Å². The molecule has 0 amide bonds. The third-order valence-corrected chi connectivity index (χ3v) is 2.69. The van der Waals surface area contributed by atoms with Gasteiger partial charge in [0.15, 0.2) is 0 Å². The predicted octanol–water partition coefficient (Wildman–Crippen LogP) is 3.67. The van der Waals surface area contributed by atoms with E-state index in [4.69, 9.17) is 15.7 Å². The van der Waals surface area contributed by atoms with Crippen LogP contribution in [-0.4, -0.2) is 6.10 Å². The summed E-state index contributed by atoms with van der Waals surface area (Å²) in [5.41, 5.74) is 8.40. The topological polar surface area (TPSA) is 71.1 Å². The fourth-order valence-electron chi connectivity index (χ4n) is 1.79. The van der Waals surface area contributed by atoms with Gasteiger partial charge in [-0.15, -0.1) is 0 Å². The number of ether oxygens (including phenoxy) is 1. The second-order valence-electron chi connectivity index (χ2n) is 4.73. The zero-order valence-electron chi connectivity index (χ0n) is 11.6. The zero-order chi connectivity index (χ0) is 14.5. The largest absolute Gasteiger partial charge is 0.491 e. The molecule has 20 heavy (non-hydrogen) atoms. The molecule has 0 aliphatic carbocycles. The van der Waals surface area contributed by atoms with Crippen LogP contribution < -0.4 is 15.8 Å². The minimum absolute atomic E-state index is 0.157. The third-order valence-electron chi connectivity index (χ3n) is 2.69. The molecule has 0 fully saturated rings.